The summed E-state index contributed by atoms with van der Waals surface area (Å²) in [6, 6.07) is 2.09. The number of halogens is 3. The van der Waals surface area contributed by atoms with Crippen LogP contribution in [-0.2, 0) is 6.18 Å². The largest absolute Gasteiger partial charge is 0.433 e. The van der Waals surface area contributed by atoms with Crippen LogP contribution in [0.2, 0.25) is 0 Å². The first-order valence-electron chi connectivity index (χ1n) is 5.66. The van der Waals surface area contributed by atoms with Crippen LogP contribution in [0.3, 0.4) is 0 Å². The van der Waals surface area contributed by atoms with Crippen molar-refractivity contribution in [1.82, 2.24) is 19.9 Å². The lowest BCUT2D eigenvalue weighted by Crippen LogP contribution is -2.23. The molecule has 1 N–H and O–H groups in total. The van der Waals surface area contributed by atoms with Crippen molar-refractivity contribution in [3.8, 4) is 0 Å². The number of nitrogens with one attached hydrogen (secondary N) is 1. The third kappa shape index (κ3) is 2.63. The quantitative estimate of drug-likeness (QED) is 0.877. The van der Waals surface area contributed by atoms with Crippen molar-refractivity contribution in [3.63, 3.8) is 0 Å². The van der Waals surface area contributed by atoms with E-state index >= 15 is 0 Å². The van der Waals surface area contributed by atoms with Gasteiger partial charge >= 0.3 is 6.18 Å². The molecular formula is C12H11F3N4O. The summed E-state index contributed by atoms with van der Waals surface area (Å²) in [6.45, 7) is 5.07. The average Bonchev–Trinajstić information content (AvgIpc) is 2.77. The van der Waals surface area contributed by atoms with Gasteiger partial charge in [0, 0.05) is 18.3 Å². The Morgan fingerprint density at radius 1 is 1.50 bits per heavy atom. The zero-order valence-electron chi connectivity index (χ0n) is 10.5. The van der Waals surface area contributed by atoms with Crippen molar-refractivity contribution < 1.29 is 18.0 Å². The molecule has 0 saturated carbocycles. The predicted octanol–water partition coefficient (Wildman–Crippen LogP) is 1.97. The van der Waals surface area contributed by atoms with E-state index in [0.29, 0.717) is 4.52 Å². The Morgan fingerprint density at radius 3 is 2.80 bits per heavy atom. The van der Waals surface area contributed by atoms with E-state index in [1.54, 1.807) is 0 Å². The summed E-state index contributed by atoms with van der Waals surface area (Å²) in [7, 11) is 0. The van der Waals surface area contributed by atoms with Gasteiger partial charge in [-0.1, -0.05) is 6.08 Å². The van der Waals surface area contributed by atoms with Gasteiger partial charge in [-0.25, -0.2) is 9.50 Å². The highest BCUT2D eigenvalue weighted by Crippen LogP contribution is 2.29. The molecule has 2 aromatic rings. The molecule has 0 aromatic carbocycles. The first-order chi connectivity index (χ1) is 9.32. The summed E-state index contributed by atoms with van der Waals surface area (Å²) >= 11 is 0. The van der Waals surface area contributed by atoms with Crippen LogP contribution in [-0.4, -0.2) is 27.0 Å². The molecule has 106 valence electrons. The van der Waals surface area contributed by atoms with E-state index in [-0.39, 0.29) is 23.6 Å². The van der Waals surface area contributed by atoms with Gasteiger partial charge in [0.25, 0.3) is 5.91 Å². The normalized spacial score (nSPS) is 11.6. The summed E-state index contributed by atoms with van der Waals surface area (Å²) in [5.41, 5.74) is -0.929. The molecule has 0 aliphatic carbocycles. The molecule has 0 radical (unpaired) electrons. The second-order valence-corrected chi connectivity index (χ2v) is 4.08. The first kappa shape index (κ1) is 14.0. The van der Waals surface area contributed by atoms with Gasteiger partial charge in [0.05, 0.1) is 0 Å². The van der Waals surface area contributed by atoms with Gasteiger partial charge in [0.15, 0.2) is 11.3 Å². The molecule has 5 nitrogen and oxygen atoms in total. The molecule has 0 aliphatic rings. The Labute approximate surface area is 112 Å². The number of aryl methyl sites for hydroxylation is 1. The molecular weight excluding hydrogens is 273 g/mol. The Hall–Kier alpha value is -2.38. The number of rotatable bonds is 3. The molecule has 20 heavy (non-hydrogen) atoms. The minimum absolute atomic E-state index is 0.0268. The lowest BCUT2D eigenvalue weighted by atomic mass is 10.3. The average molecular weight is 284 g/mol. The molecule has 2 aromatic heterocycles. The summed E-state index contributed by atoms with van der Waals surface area (Å²) in [5.74, 6) is -0.582. The number of nitrogens with zero attached hydrogens (tertiary/aromatic N) is 3. The summed E-state index contributed by atoms with van der Waals surface area (Å²) < 4.78 is 39.3. The number of hydrogen-bond donors (Lipinski definition) is 1. The van der Waals surface area contributed by atoms with Crippen LogP contribution in [0.25, 0.3) is 5.65 Å². The number of fused-ring (bicyclic) bond motifs is 1. The highest BCUT2D eigenvalue weighted by Gasteiger charge is 2.35. The molecule has 0 saturated heterocycles. The first-order valence-corrected chi connectivity index (χ1v) is 5.66. The maximum atomic E-state index is 12.9. The van der Waals surface area contributed by atoms with Crippen LogP contribution < -0.4 is 5.32 Å². The van der Waals surface area contributed by atoms with Gasteiger partial charge in [-0.05, 0) is 13.0 Å². The number of amides is 1. The second kappa shape index (κ2) is 4.95. The third-order valence-electron chi connectivity index (χ3n) is 2.49. The predicted molar refractivity (Wildman–Crippen MR) is 65.3 cm³/mol. The van der Waals surface area contributed by atoms with Gasteiger partial charge in [-0.15, -0.1) is 6.58 Å². The molecule has 0 atom stereocenters. The molecule has 0 bridgehead atoms. The molecule has 0 fully saturated rings. The van der Waals surface area contributed by atoms with Crippen LogP contribution >= 0.6 is 0 Å². The number of carbonyl (C=O) groups is 1. The zero-order chi connectivity index (χ0) is 14.9. The fourth-order valence-corrected chi connectivity index (χ4v) is 1.67. The molecule has 2 heterocycles. The van der Waals surface area contributed by atoms with Crippen molar-refractivity contribution in [1.29, 1.82) is 0 Å². The number of aromatic nitrogens is 3. The Kier molecular flexibility index (Phi) is 3.47. The van der Waals surface area contributed by atoms with Crippen molar-refractivity contribution in [2.24, 2.45) is 0 Å². The Balaban J connectivity index is 2.53. The smallest absolute Gasteiger partial charge is 0.347 e. The molecule has 0 unspecified atom stereocenters. The van der Waals surface area contributed by atoms with Crippen molar-refractivity contribution in [2.45, 2.75) is 13.1 Å². The standard InChI is InChI=1S/C12H11F3N4O/c1-3-4-16-11(20)8-6-10-17-7(2)5-9(12(13,14)15)19(10)18-8/h3,5-6H,1,4H2,2H3,(H,16,20). The Bertz CT molecular complexity index is 675. The van der Waals surface area contributed by atoms with E-state index in [1.165, 1.54) is 19.1 Å². The van der Waals surface area contributed by atoms with Crippen LogP contribution in [0.1, 0.15) is 21.9 Å². The Morgan fingerprint density at radius 2 is 2.20 bits per heavy atom. The number of alkyl halides is 3. The maximum Gasteiger partial charge on any atom is 0.433 e. The van der Waals surface area contributed by atoms with Gasteiger partial charge < -0.3 is 5.32 Å². The van der Waals surface area contributed by atoms with E-state index in [9.17, 15) is 18.0 Å². The van der Waals surface area contributed by atoms with Crippen LogP contribution in [0.5, 0.6) is 0 Å². The highest BCUT2D eigenvalue weighted by molar-refractivity contribution is 5.93. The van der Waals surface area contributed by atoms with Gasteiger partial charge in [0.1, 0.15) is 5.69 Å². The van der Waals surface area contributed by atoms with E-state index < -0.39 is 17.8 Å². The third-order valence-corrected chi connectivity index (χ3v) is 2.49. The van der Waals surface area contributed by atoms with E-state index in [4.69, 9.17) is 0 Å². The van der Waals surface area contributed by atoms with E-state index in [2.05, 4.69) is 22.0 Å². The van der Waals surface area contributed by atoms with Crippen LogP contribution in [0.15, 0.2) is 24.8 Å². The molecule has 8 heteroatoms. The molecule has 0 aliphatic heterocycles. The fourth-order valence-electron chi connectivity index (χ4n) is 1.67. The van der Waals surface area contributed by atoms with Crippen molar-refractivity contribution in [3.05, 3.63) is 41.9 Å². The molecule has 2 rings (SSSR count). The zero-order valence-corrected chi connectivity index (χ0v) is 10.5. The van der Waals surface area contributed by atoms with E-state index in [0.717, 1.165) is 6.07 Å². The minimum atomic E-state index is -4.58. The summed E-state index contributed by atoms with van der Waals surface area (Å²) in [5, 5.41) is 6.10. The summed E-state index contributed by atoms with van der Waals surface area (Å²) in [4.78, 5) is 15.6. The monoisotopic (exact) mass is 284 g/mol. The van der Waals surface area contributed by atoms with Gasteiger partial charge in [-0.3, -0.25) is 4.79 Å². The van der Waals surface area contributed by atoms with Gasteiger partial charge in [-0.2, -0.15) is 18.3 Å². The van der Waals surface area contributed by atoms with Gasteiger partial charge in [0.2, 0.25) is 0 Å². The number of hydrogen-bond acceptors (Lipinski definition) is 3. The van der Waals surface area contributed by atoms with Crippen LogP contribution in [0.4, 0.5) is 13.2 Å². The van der Waals surface area contributed by atoms with Crippen LogP contribution in [0, 0.1) is 6.92 Å². The fraction of sp³-hybridized carbons (Fsp3) is 0.250. The van der Waals surface area contributed by atoms with Crippen molar-refractivity contribution in [2.75, 3.05) is 6.54 Å². The number of carbonyl (C=O) groups excluding carboxylic acids is 1. The lowest BCUT2D eigenvalue weighted by molar-refractivity contribution is -0.142. The molecule has 1 amide bonds. The SMILES string of the molecule is C=CCNC(=O)c1cc2nc(C)cc(C(F)(F)F)n2n1. The summed E-state index contributed by atoms with van der Waals surface area (Å²) in [6.07, 6.45) is -3.12. The minimum Gasteiger partial charge on any atom is -0.347 e. The van der Waals surface area contributed by atoms with Crippen molar-refractivity contribution >= 4 is 11.6 Å². The maximum absolute atomic E-state index is 12.9. The molecule has 0 spiro atoms. The topological polar surface area (TPSA) is 59.3 Å². The van der Waals surface area contributed by atoms with E-state index in [1.807, 2.05) is 0 Å². The second-order valence-electron chi connectivity index (χ2n) is 4.08. The highest BCUT2D eigenvalue weighted by atomic mass is 19.4. The lowest BCUT2D eigenvalue weighted by Gasteiger charge is -2.08.